The third kappa shape index (κ3) is 5.19. The highest BCUT2D eigenvalue weighted by Gasteiger charge is 2.48. The molecule has 4 aromatic rings. The number of aliphatic hydroxyl groups is 1. The number of hydrogen-bond donors (Lipinski definition) is 1. The minimum atomic E-state index is -0.891. The Kier molecular flexibility index (Phi) is 7.63. The Labute approximate surface area is 237 Å². The summed E-state index contributed by atoms with van der Waals surface area (Å²) in [5, 5.41) is 11.9. The number of Topliss-reactive ketones (excluding diaryl/α,β-unsaturated/α-hetero) is 1. The summed E-state index contributed by atoms with van der Waals surface area (Å²) in [5.41, 5.74) is 3.91. The summed E-state index contributed by atoms with van der Waals surface area (Å²) in [6.45, 7) is 8.80. The molecule has 1 aliphatic heterocycles. The van der Waals surface area contributed by atoms with Crippen molar-refractivity contribution in [2.75, 3.05) is 18.6 Å². The van der Waals surface area contributed by atoms with Crippen LogP contribution in [0.15, 0.2) is 66.2 Å². The van der Waals surface area contributed by atoms with E-state index in [9.17, 15) is 14.7 Å². The Hall–Kier alpha value is -4.17. The maximum absolute atomic E-state index is 13.6. The third-order valence-electron chi connectivity index (χ3n) is 6.97. The molecule has 1 saturated heterocycles. The number of anilines is 1. The highest BCUT2D eigenvalue weighted by atomic mass is 32.1. The van der Waals surface area contributed by atoms with Gasteiger partial charge in [-0.2, -0.15) is 0 Å². The van der Waals surface area contributed by atoms with Crippen molar-refractivity contribution in [3.05, 3.63) is 88.5 Å². The topological polar surface area (TPSA) is 89.0 Å². The first kappa shape index (κ1) is 27.4. The van der Waals surface area contributed by atoms with E-state index in [1.54, 1.807) is 31.4 Å². The van der Waals surface area contributed by atoms with Crippen molar-refractivity contribution < 1.29 is 24.2 Å². The summed E-state index contributed by atoms with van der Waals surface area (Å²) in [7, 11) is 1.55. The van der Waals surface area contributed by atoms with Crippen LogP contribution in [0.5, 0.6) is 11.5 Å². The molecule has 7 nitrogen and oxygen atoms in total. The maximum atomic E-state index is 13.6. The SMILES string of the molecule is COc1ccc(/C(O)=C2\C(=O)C(=O)N(c3nc4c(C)cc(C)cc4s3)C2c2cccc(OCCC(C)C)c2)cc1. The van der Waals surface area contributed by atoms with Gasteiger partial charge < -0.3 is 14.6 Å². The van der Waals surface area contributed by atoms with Crippen molar-refractivity contribution in [2.45, 2.75) is 40.2 Å². The standard InChI is InChI=1S/C32H32N2O5S/c1-18(2)13-14-39-24-8-6-7-22(17-24)28-26(29(35)21-9-11-23(38-5)12-10-21)30(36)31(37)34(28)32-33-27-20(4)15-19(3)16-25(27)40-32/h6-12,15-18,28,35H,13-14H2,1-5H3/b29-26+. The van der Waals surface area contributed by atoms with Crippen LogP contribution in [-0.4, -0.2) is 35.5 Å². The first-order valence-corrected chi connectivity index (χ1v) is 14.1. The van der Waals surface area contributed by atoms with E-state index in [1.165, 1.54) is 16.2 Å². The summed E-state index contributed by atoms with van der Waals surface area (Å²) in [4.78, 5) is 33.4. The molecule has 1 amide bonds. The van der Waals surface area contributed by atoms with E-state index in [2.05, 4.69) is 13.8 Å². The molecule has 40 heavy (non-hydrogen) atoms. The number of amides is 1. The monoisotopic (exact) mass is 556 g/mol. The molecule has 1 unspecified atom stereocenters. The Morgan fingerprint density at radius 3 is 2.50 bits per heavy atom. The van der Waals surface area contributed by atoms with E-state index in [1.807, 2.05) is 50.2 Å². The molecule has 1 N–H and O–H groups in total. The third-order valence-corrected chi connectivity index (χ3v) is 7.97. The van der Waals surface area contributed by atoms with Gasteiger partial charge >= 0.3 is 5.91 Å². The number of aromatic nitrogens is 1. The van der Waals surface area contributed by atoms with Crippen molar-refractivity contribution in [1.29, 1.82) is 0 Å². The average molecular weight is 557 g/mol. The van der Waals surface area contributed by atoms with E-state index in [-0.39, 0.29) is 11.3 Å². The molecule has 0 radical (unpaired) electrons. The van der Waals surface area contributed by atoms with Gasteiger partial charge in [0.05, 0.1) is 35.5 Å². The molecule has 0 spiro atoms. The number of methoxy groups -OCH3 is 1. The lowest BCUT2D eigenvalue weighted by molar-refractivity contribution is -0.132. The minimum Gasteiger partial charge on any atom is -0.507 e. The molecular weight excluding hydrogens is 524 g/mol. The molecule has 5 rings (SSSR count). The first-order valence-electron chi connectivity index (χ1n) is 13.2. The van der Waals surface area contributed by atoms with Gasteiger partial charge in [0.2, 0.25) is 0 Å². The van der Waals surface area contributed by atoms with Gasteiger partial charge in [0.15, 0.2) is 5.13 Å². The molecule has 0 bridgehead atoms. The molecule has 1 aromatic heterocycles. The zero-order valence-electron chi connectivity index (χ0n) is 23.2. The van der Waals surface area contributed by atoms with Crippen LogP contribution in [0.3, 0.4) is 0 Å². The highest BCUT2D eigenvalue weighted by Crippen LogP contribution is 2.45. The van der Waals surface area contributed by atoms with Crippen LogP contribution in [-0.2, 0) is 9.59 Å². The number of aryl methyl sites for hydroxylation is 2. The average Bonchev–Trinajstić information content (AvgIpc) is 3.46. The van der Waals surface area contributed by atoms with Gasteiger partial charge in [0.25, 0.3) is 5.78 Å². The zero-order valence-corrected chi connectivity index (χ0v) is 24.0. The lowest BCUT2D eigenvalue weighted by Gasteiger charge is -2.23. The van der Waals surface area contributed by atoms with Crippen LogP contribution in [0.4, 0.5) is 5.13 Å². The number of ether oxygens (including phenoxy) is 2. The number of benzene rings is 3. The smallest absolute Gasteiger partial charge is 0.301 e. The number of thiazole rings is 1. The van der Waals surface area contributed by atoms with Gasteiger partial charge in [-0.15, -0.1) is 0 Å². The van der Waals surface area contributed by atoms with Gasteiger partial charge in [-0.25, -0.2) is 4.98 Å². The van der Waals surface area contributed by atoms with Crippen molar-refractivity contribution in [3.8, 4) is 11.5 Å². The molecule has 206 valence electrons. The Morgan fingerprint density at radius 2 is 1.80 bits per heavy atom. The maximum Gasteiger partial charge on any atom is 0.301 e. The van der Waals surface area contributed by atoms with Crippen LogP contribution in [0.2, 0.25) is 0 Å². The van der Waals surface area contributed by atoms with E-state index < -0.39 is 17.7 Å². The number of hydrogen-bond acceptors (Lipinski definition) is 7. The Balaban J connectivity index is 1.66. The second-order valence-corrected chi connectivity index (χ2v) is 11.4. The van der Waals surface area contributed by atoms with Crippen LogP contribution in [0.1, 0.15) is 48.6 Å². The molecule has 1 aliphatic rings. The van der Waals surface area contributed by atoms with Gasteiger partial charge in [-0.05, 0) is 85.3 Å². The second-order valence-electron chi connectivity index (χ2n) is 10.4. The summed E-state index contributed by atoms with van der Waals surface area (Å²) < 4.78 is 12.2. The van der Waals surface area contributed by atoms with Gasteiger partial charge in [0, 0.05) is 5.56 Å². The molecule has 1 atom stereocenters. The van der Waals surface area contributed by atoms with Crippen molar-refractivity contribution >= 4 is 44.1 Å². The number of nitrogens with zero attached hydrogens (tertiary/aromatic N) is 2. The summed E-state index contributed by atoms with van der Waals surface area (Å²) >= 11 is 1.35. The number of rotatable bonds is 8. The quantitative estimate of drug-likeness (QED) is 0.143. The van der Waals surface area contributed by atoms with E-state index in [0.717, 1.165) is 27.8 Å². The molecule has 0 aliphatic carbocycles. The largest absolute Gasteiger partial charge is 0.507 e. The predicted octanol–water partition coefficient (Wildman–Crippen LogP) is 6.97. The van der Waals surface area contributed by atoms with Crippen molar-refractivity contribution in [1.82, 2.24) is 4.98 Å². The van der Waals surface area contributed by atoms with Crippen molar-refractivity contribution in [3.63, 3.8) is 0 Å². The number of aliphatic hydroxyl groups excluding tert-OH is 1. The molecular formula is C32H32N2O5S. The number of ketones is 1. The number of carbonyl (C=O) groups is 2. The fourth-order valence-corrected chi connectivity index (χ4v) is 6.07. The highest BCUT2D eigenvalue weighted by molar-refractivity contribution is 7.22. The van der Waals surface area contributed by atoms with Gasteiger partial charge in [-0.3, -0.25) is 14.5 Å². The van der Waals surface area contributed by atoms with Crippen LogP contribution in [0, 0.1) is 19.8 Å². The molecule has 0 saturated carbocycles. The minimum absolute atomic E-state index is 0.00153. The summed E-state index contributed by atoms with van der Waals surface area (Å²) in [6, 6.07) is 17.2. The van der Waals surface area contributed by atoms with Crippen LogP contribution >= 0.6 is 11.3 Å². The first-order chi connectivity index (χ1) is 19.2. The number of carbonyl (C=O) groups excluding carboxylic acids is 2. The lowest BCUT2D eigenvalue weighted by atomic mass is 9.95. The predicted molar refractivity (Wildman–Crippen MR) is 158 cm³/mol. The Morgan fingerprint density at radius 1 is 1.05 bits per heavy atom. The molecule has 3 aromatic carbocycles. The summed E-state index contributed by atoms with van der Waals surface area (Å²) in [6.07, 6.45) is 0.893. The summed E-state index contributed by atoms with van der Waals surface area (Å²) in [5.74, 6) is -0.0289. The van der Waals surface area contributed by atoms with E-state index >= 15 is 0 Å². The zero-order chi connectivity index (χ0) is 28.6. The number of fused-ring (bicyclic) bond motifs is 1. The van der Waals surface area contributed by atoms with E-state index in [0.29, 0.717) is 40.3 Å². The van der Waals surface area contributed by atoms with Crippen LogP contribution in [0.25, 0.3) is 16.0 Å². The van der Waals surface area contributed by atoms with Gasteiger partial charge in [-0.1, -0.05) is 43.4 Å². The Bertz CT molecular complexity index is 1620. The lowest BCUT2D eigenvalue weighted by Crippen LogP contribution is -2.29. The van der Waals surface area contributed by atoms with Crippen molar-refractivity contribution in [2.24, 2.45) is 5.92 Å². The molecule has 2 heterocycles. The molecule has 8 heteroatoms. The fraction of sp³-hybridized carbons (Fsp3) is 0.281. The fourth-order valence-electron chi connectivity index (χ4n) is 4.90. The van der Waals surface area contributed by atoms with Crippen LogP contribution < -0.4 is 14.4 Å². The normalized spacial score (nSPS) is 16.8. The second kappa shape index (κ2) is 11.1. The van der Waals surface area contributed by atoms with E-state index in [4.69, 9.17) is 14.5 Å². The molecule has 1 fully saturated rings. The van der Waals surface area contributed by atoms with Gasteiger partial charge in [0.1, 0.15) is 17.3 Å².